The van der Waals surface area contributed by atoms with Gasteiger partial charge in [0, 0.05) is 25.5 Å². The predicted molar refractivity (Wildman–Crippen MR) is 116 cm³/mol. The maximum absolute atomic E-state index is 12.7. The minimum Gasteiger partial charge on any atom is -0.345 e. The predicted octanol–water partition coefficient (Wildman–Crippen LogP) is 3.46. The summed E-state index contributed by atoms with van der Waals surface area (Å²) in [4.78, 5) is 14.5. The van der Waals surface area contributed by atoms with E-state index in [1.807, 2.05) is 40.8 Å². The standard InChI is InChI=1S/C20H26N4O3S2/c1-6-24(7-2)29(26,27)16-10-8-15(9-11-16)13(3)21-19(25)18-12-17-14(4)22-23(5)20(17)28-18/h8-13H,6-7H2,1-5H3,(H,21,25). The number of carbonyl (C=O) groups is 1. The number of sulfonamides is 1. The van der Waals surface area contributed by atoms with E-state index < -0.39 is 10.0 Å². The highest BCUT2D eigenvalue weighted by Crippen LogP contribution is 2.28. The first-order valence-corrected chi connectivity index (χ1v) is 11.8. The normalized spacial score (nSPS) is 13.2. The van der Waals surface area contributed by atoms with Crippen molar-refractivity contribution < 1.29 is 13.2 Å². The van der Waals surface area contributed by atoms with Gasteiger partial charge in [-0.25, -0.2) is 8.42 Å². The lowest BCUT2D eigenvalue weighted by Gasteiger charge is -2.19. The summed E-state index contributed by atoms with van der Waals surface area (Å²) in [6.45, 7) is 8.30. The third-order valence-corrected chi connectivity index (χ3v) is 8.26. The molecular formula is C20H26N4O3S2. The van der Waals surface area contributed by atoms with Crippen molar-refractivity contribution in [1.29, 1.82) is 0 Å². The van der Waals surface area contributed by atoms with Gasteiger partial charge in [-0.2, -0.15) is 9.40 Å². The maximum Gasteiger partial charge on any atom is 0.261 e. The second-order valence-electron chi connectivity index (χ2n) is 6.89. The van der Waals surface area contributed by atoms with Gasteiger partial charge in [-0.3, -0.25) is 9.48 Å². The average molecular weight is 435 g/mol. The molecule has 7 nitrogen and oxygen atoms in total. The molecule has 0 fully saturated rings. The lowest BCUT2D eigenvalue weighted by Crippen LogP contribution is -2.30. The molecule has 3 aromatic rings. The van der Waals surface area contributed by atoms with Gasteiger partial charge in [0.25, 0.3) is 5.91 Å². The number of nitrogens with zero attached hydrogens (tertiary/aromatic N) is 3. The van der Waals surface area contributed by atoms with E-state index in [1.54, 1.807) is 28.9 Å². The Morgan fingerprint density at radius 1 is 1.24 bits per heavy atom. The number of aromatic nitrogens is 2. The van der Waals surface area contributed by atoms with Gasteiger partial charge in [-0.05, 0) is 37.6 Å². The lowest BCUT2D eigenvalue weighted by atomic mass is 10.1. The summed E-state index contributed by atoms with van der Waals surface area (Å²) >= 11 is 1.41. The van der Waals surface area contributed by atoms with Crippen LogP contribution in [0.5, 0.6) is 0 Å². The van der Waals surface area contributed by atoms with Crippen LogP contribution in [0, 0.1) is 6.92 Å². The number of rotatable bonds is 7. The van der Waals surface area contributed by atoms with E-state index in [2.05, 4.69) is 10.4 Å². The van der Waals surface area contributed by atoms with Gasteiger partial charge in [0.05, 0.1) is 21.5 Å². The molecule has 0 aliphatic rings. The summed E-state index contributed by atoms with van der Waals surface area (Å²) in [6, 6.07) is 8.31. The molecule has 2 aromatic heterocycles. The van der Waals surface area contributed by atoms with Gasteiger partial charge in [-0.1, -0.05) is 26.0 Å². The molecule has 0 aliphatic heterocycles. The summed E-state index contributed by atoms with van der Waals surface area (Å²) in [5, 5.41) is 8.33. The van der Waals surface area contributed by atoms with Crippen LogP contribution in [0.2, 0.25) is 0 Å². The van der Waals surface area contributed by atoms with Crippen molar-refractivity contribution in [3.05, 3.63) is 46.5 Å². The van der Waals surface area contributed by atoms with Gasteiger partial charge in [0.15, 0.2) is 0 Å². The van der Waals surface area contributed by atoms with Crippen LogP contribution in [0.4, 0.5) is 0 Å². The van der Waals surface area contributed by atoms with Crippen LogP contribution >= 0.6 is 11.3 Å². The Hall–Kier alpha value is -2.23. The molecule has 1 unspecified atom stereocenters. The van der Waals surface area contributed by atoms with E-state index >= 15 is 0 Å². The Kier molecular flexibility index (Phi) is 6.11. The van der Waals surface area contributed by atoms with Crippen LogP contribution in [0.3, 0.4) is 0 Å². The number of benzene rings is 1. The van der Waals surface area contributed by atoms with Crippen molar-refractivity contribution in [2.45, 2.75) is 38.6 Å². The third-order valence-electron chi connectivity index (χ3n) is 4.99. The quantitative estimate of drug-likeness (QED) is 0.617. The van der Waals surface area contributed by atoms with Gasteiger partial charge in [0.2, 0.25) is 10.0 Å². The van der Waals surface area contributed by atoms with Crippen molar-refractivity contribution in [3.63, 3.8) is 0 Å². The molecule has 0 spiro atoms. The molecule has 1 amide bonds. The molecule has 0 bridgehead atoms. The average Bonchev–Trinajstić information content (AvgIpc) is 3.24. The molecule has 3 rings (SSSR count). The summed E-state index contributed by atoms with van der Waals surface area (Å²) in [5.41, 5.74) is 1.74. The zero-order valence-corrected chi connectivity index (χ0v) is 18.9. The maximum atomic E-state index is 12.7. The largest absolute Gasteiger partial charge is 0.345 e. The highest BCUT2D eigenvalue weighted by molar-refractivity contribution is 7.89. The van der Waals surface area contributed by atoms with Crippen molar-refractivity contribution in [2.24, 2.45) is 7.05 Å². The molecule has 0 aliphatic carbocycles. The first kappa shape index (κ1) is 21.5. The molecule has 1 N–H and O–H groups in total. The summed E-state index contributed by atoms with van der Waals surface area (Å²) in [6.07, 6.45) is 0. The van der Waals surface area contributed by atoms with E-state index in [0.29, 0.717) is 18.0 Å². The molecular weight excluding hydrogens is 408 g/mol. The van der Waals surface area contributed by atoms with E-state index in [4.69, 9.17) is 0 Å². The fraction of sp³-hybridized carbons (Fsp3) is 0.400. The van der Waals surface area contributed by atoms with Gasteiger partial charge < -0.3 is 5.32 Å². The summed E-state index contributed by atoms with van der Waals surface area (Å²) in [7, 11) is -1.62. The second-order valence-corrected chi connectivity index (χ2v) is 9.86. The number of hydrogen-bond acceptors (Lipinski definition) is 5. The first-order valence-electron chi connectivity index (χ1n) is 9.53. The van der Waals surface area contributed by atoms with E-state index in [0.717, 1.165) is 21.5 Å². The van der Waals surface area contributed by atoms with Gasteiger partial charge >= 0.3 is 0 Å². The molecule has 0 radical (unpaired) electrons. The zero-order valence-electron chi connectivity index (χ0n) is 17.3. The Labute approximate surface area is 175 Å². The number of amides is 1. The van der Waals surface area contributed by atoms with Crippen LogP contribution in [-0.4, -0.2) is 41.5 Å². The van der Waals surface area contributed by atoms with Crippen LogP contribution in [0.1, 0.15) is 47.7 Å². The van der Waals surface area contributed by atoms with Crippen LogP contribution in [-0.2, 0) is 17.1 Å². The molecule has 1 atom stereocenters. The number of aryl methyl sites for hydroxylation is 2. The highest BCUT2D eigenvalue weighted by Gasteiger charge is 2.22. The SMILES string of the molecule is CCN(CC)S(=O)(=O)c1ccc(C(C)NC(=O)c2cc3c(C)nn(C)c3s2)cc1. The Morgan fingerprint density at radius 3 is 2.41 bits per heavy atom. The van der Waals surface area contributed by atoms with E-state index in [9.17, 15) is 13.2 Å². The van der Waals surface area contributed by atoms with Crippen molar-refractivity contribution >= 4 is 37.5 Å². The molecule has 1 aromatic carbocycles. The molecule has 156 valence electrons. The molecule has 0 saturated heterocycles. The van der Waals surface area contributed by atoms with Crippen LogP contribution < -0.4 is 5.32 Å². The topological polar surface area (TPSA) is 84.3 Å². The summed E-state index contributed by atoms with van der Waals surface area (Å²) < 4.78 is 28.4. The fourth-order valence-corrected chi connectivity index (χ4v) is 5.79. The lowest BCUT2D eigenvalue weighted by molar-refractivity contribution is 0.0944. The van der Waals surface area contributed by atoms with Gasteiger partial charge in [-0.15, -0.1) is 11.3 Å². The minimum absolute atomic E-state index is 0.155. The Bertz CT molecular complexity index is 1090. The minimum atomic E-state index is -3.49. The molecule has 0 saturated carbocycles. The van der Waals surface area contributed by atoms with Gasteiger partial charge in [0.1, 0.15) is 4.83 Å². The number of carbonyl (C=O) groups excluding carboxylic acids is 1. The number of hydrogen-bond donors (Lipinski definition) is 1. The third kappa shape index (κ3) is 4.08. The van der Waals surface area contributed by atoms with Crippen LogP contribution in [0.25, 0.3) is 10.2 Å². The number of thiophene rings is 1. The first-order chi connectivity index (χ1) is 13.7. The fourth-order valence-electron chi connectivity index (χ4n) is 3.31. The number of fused-ring (bicyclic) bond motifs is 1. The van der Waals surface area contributed by atoms with E-state index in [-0.39, 0.29) is 16.8 Å². The zero-order chi connectivity index (χ0) is 21.3. The van der Waals surface area contributed by atoms with Crippen molar-refractivity contribution in [1.82, 2.24) is 19.4 Å². The Morgan fingerprint density at radius 2 is 1.86 bits per heavy atom. The smallest absolute Gasteiger partial charge is 0.261 e. The van der Waals surface area contributed by atoms with E-state index in [1.165, 1.54) is 15.6 Å². The molecule has 9 heteroatoms. The van der Waals surface area contributed by atoms with Crippen molar-refractivity contribution in [2.75, 3.05) is 13.1 Å². The monoisotopic (exact) mass is 434 g/mol. The molecule has 29 heavy (non-hydrogen) atoms. The van der Waals surface area contributed by atoms with Crippen molar-refractivity contribution in [3.8, 4) is 0 Å². The molecule has 2 heterocycles. The summed E-state index contributed by atoms with van der Waals surface area (Å²) in [5.74, 6) is -0.155. The highest BCUT2D eigenvalue weighted by atomic mass is 32.2. The number of nitrogens with one attached hydrogen (secondary N) is 1. The Balaban J connectivity index is 1.75. The van der Waals surface area contributed by atoms with Crippen LogP contribution in [0.15, 0.2) is 35.2 Å². The second kappa shape index (κ2) is 8.25.